The smallest absolute Gasteiger partial charge is 0.354 e. The number of hydrogen-bond donors (Lipinski definition) is 1. The zero-order chi connectivity index (χ0) is 14.3. The average Bonchev–Trinajstić information content (AvgIpc) is 2.77. The molecule has 0 saturated heterocycles. The highest BCUT2D eigenvalue weighted by atomic mass is 16.5. The Morgan fingerprint density at radius 3 is 2.95 bits per heavy atom. The van der Waals surface area contributed by atoms with Gasteiger partial charge >= 0.3 is 5.97 Å². The van der Waals surface area contributed by atoms with Gasteiger partial charge in [-0.05, 0) is 37.0 Å². The summed E-state index contributed by atoms with van der Waals surface area (Å²) in [5.41, 5.74) is 10.1. The lowest BCUT2D eigenvalue weighted by atomic mass is 9.95. The summed E-state index contributed by atoms with van der Waals surface area (Å²) in [5, 5.41) is 0. The van der Waals surface area contributed by atoms with E-state index in [1.165, 1.54) is 0 Å². The van der Waals surface area contributed by atoms with Gasteiger partial charge in [0.05, 0.1) is 18.0 Å². The second-order valence-electron chi connectivity index (χ2n) is 4.78. The average molecular weight is 272 g/mol. The van der Waals surface area contributed by atoms with Crippen LogP contribution in [0.25, 0.3) is 11.4 Å². The van der Waals surface area contributed by atoms with E-state index in [0.717, 1.165) is 35.4 Å². The maximum Gasteiger partial charge on any atom is 0.354 e. The monoisotopic (exact) mass is 272 g/mol. The topological polar surface area (TPSA) is 83.0 Å². The molecule has 3 rings (SSSR count). The van der Waals surface area contributed by atoms with E-state index in [9.17, 15) is 4.79 Å². The molecule has 2 N–H and O–H groups in total. The molecule has 1 aliphatic carbocycles. The summed E-state index contributed by atoms with van der Waals surface area (Å²) >= 11 is 0. The number of nitrogens with zero attached hydrogens (tertiary/aromatic N) is 3. The summed E-state index contributed by atoms with van der Waals surface area (Å²) in [6.45, 7) is 2.16. The van der Waals surface area contributed by atoms with Gasteiger partial charge in [-0.2, -0.15) is 0 Å². The molecule has 6 nitrogen and oxygen atoms in total. The fraction of sp³-hybridized carbons (Fsp3) is 0.357. The zero-order valence-corrected chi connectivity index (χ0v) is 11.5. The molecule has 20 heavy (non-hydrogen) atoms. The van der Waals surface area contributed by atoms with E-state index in [2.05, 4.69) is 9.97 Å². The second-order valence-corrected chi connectivity index (χ2v) is 4.78. The van der Waals surface area contributed by atoms with E-state index in [0.29, 0.717) is 12.3 Å². The normalized spacial score (nSPS) is 12.7. The Morgan fingerprint density at radius 2 is 2.20 bits per heavy atom. The lowest BCUT2D eigenvalue weighted by molar-refractivity contribution is 0.0515. The van der Waals surface area contributed by atoms with Crippen LogP contribution in [0, 0.1) is 0 Å². The number of aromatic nitrogens is 3. The number of hydrogen-bond acceptors (Lipinski definition) is 5. The predicted octanol–water partition coefficient (Wildman–Crippen LogP) is 1.34. The van der Waals surface area contributed by atoms with Crippen molar-refractivity contribution in [1.29, 1.82) is 0 Å². The Hall–Kier alpha value is -2.37. The van der Waals surface area contributed by atoms with E-state index in [1.807, 2.05) is 17.7 Å². The molecule has 6 heteroatoms. The minimum Gasteiger partial charge on any atom is -0.461 e. The molecular formula is C14H16N4O2. The van der Waals surface area contributed by atoms with Crippen LogP contribution < -0.4 is 5.73 Å². The van der Waals surface area contributed by atoms with Crippen molar-refractivity contribution in [1.82, 2.24) is 14.5 Å². The van der Waals surface area contributed by atoms with Gasteiger partial charge in [0.25, 0.3) is 0 Å². The first-order chi connectivity index (χ1) is 9.61. The predicted molar refractivity (Wildman–Crippen MR) is 74.2 cm³/mol. The molecule has 2 aromatic heterocycles. The number of aryl methyl sites for hydroxylation is 2. The van der Waals surface area contributed by atoms with Crippen LogP contribution >= 0.6 is 0 Å². The molecule has 0 bridgehead atoms. The second kappa shape index (κ2) is 4.63. The van der Waals surface area contributed by atoms with Gasteiger partial charge in [0.15, 0.2) is 0 Å². The number of anilines is 1. The van der Waals surface area contributed by atoms with Crippen molar-refractivity contribution < 1.29 is 9.53 Å². The van der Waals surface area contributed by atoms with Crippen LogP contribution in [0.2, 0.25) is 0 Å². The number of nitrogen functional groups attached to an aromatic ring is 1. The van der Waals surface area contributed by atoms with Crippen molar-refractivity contribution in [3.05, 3.63) is 29.1 Å². The van der Waals surface area contributed by atoms with Gasteiger partial charge in [0.2, 0.25) is 5.95 Å². The number of carbonyl (C=O) groups excluding carboxylic acids is 1. The molecule has 2 aromatic rings. The molecule has 104 valence electrons. The first kappa shape index (κ1) is 12.7. The van der Waals surface area contributed by atoms with E-state index < -0.39 is 0 Å². The van der Waals surface area contributed by atoms with E-state index in [1.54, 1.807) is 13.1 Å². The molecule has 0 radical (unpaired) electrons. The lowest BCUT2D eigenvalue weighted by Gasteiger charge is -2.17. The van der Waals surface area contributed by atoms with Gasteiger partial charge in [0, 0.05) is 13.2 Å². The highest BCUT2D eigenvalue weighted by Crippen LogP contribution is 2.34. The van der Waals surface area contributed by atoms with Crippen molar-refractivity contribution >= 4 is 11.9 Å². The van der Waals surface area contributed by atoms with E-state index in [-0.39, 0.29) is 11.9 Å². The van der Waals surface area contributed by atoms with Gasteiger partial charge in [-0.25, -0.2) is 14.8 Å². The molecule has 0 aromatic carbocycles. The van der Waals surface area contributed by atoms with E-state index >= 15 is 0 Å². The van der Waals surface area contributed by atoms with Gasteiger partial charge in [-0.3, -0.25) is 0 Å². The fourth-order valence-electron chi connectivity index (χ4n) is 2.65. The third kappa shape index (κ3) is 1.84. The van der Waals surface area contributed by atoms with Crippen LogP contribution in [-0.4, -0.2) is 27.1 Å². The fourth-order valence-corrected chi connectivity index (χ4v) is 2.65. The summed E-state index contributed by atoms with van der Waals surface area (Å²) < 4.78 is 6.91. The third-order valence-corrected chi connectivity index (χ3v) is 3.57. The number of fused-ring (bicyclic) bond motifs is 3. The number of carbonyl (C=O) groups is 1. The molecule has 2 heterocycles. The molecule has 0 fully saturated rings. The summed E-state index contributed by atoms with van der Waals surface area (Å²) in [6, 6.07) is 1.88. The number of rotatable bonds is 2. The van der Waals surface area contributed by atoms with Crippen LogP contribution in [0.1, 0.15) is 28.5 Å². The molecule has 0 unspecified atom stereocenters. The molecule has 0 saturated carbocycles. The quantitative estimate of drug-likeness (QED) is 0.834. The van der Waals surface area contributed by atoms with E-state index in [4.69, 9.17) is 10.5 Å². The molecule has 0 amide bonds. The first-order valence-corrected chi connectivity index (χ1v) is 6.59. The van der Waals surface area contributed by atoms with Crippen molar-refractivity contribution in [3.8, 4) is 11.4 Å². The van der Waals surface area contributed by atoms with Gasteiger partial charge in [-0.1, -0.05) is 0 Å². The Labute approximate surface area is 116 Å². The summed E-state index contributed by atoms with van der Waals surface area (Å²) in [7, 11) is 1.85. The third-order valence-electron chi connectivity index (χ3n) is 3.57. The van der Waals surface area contributed by atoms with Crippen LogP contribution in [0.4, 0.5) is 5.95 Å². The number of nitrogens with two attached hydrogens (primary N) is 1. The first-order valence-electron chi connectivity index (χ1n) is 6.59. The number of esters is 1. The largest absolute Gasteiger partial charge is 0.461 e. The van der Waals surface area contributed by atoms with Crippen LogP contribution in [0.5, 0.6) is 0 Å². The standard InChI is InChI=1S/C14H16N4O2/c1-3-20-13(19)10-6-8-4-5-9-7-16-14(15)17-11(9)12(8)18(10)2/h6-7H,3-5H2,1-2H3,(H2,15,16,17). The minimum absolute atomic E-state index is 0.246. The van der Waals surface area contributed by atoms with Crippen LogP contribution in [-0.2, 0) is 24.6 Å². The highest BCUT2D eigenvalue weighted by molar-refractivity contribution is 5.90. The summed E-state index contributed by atoms with van der Waals surface area (Å²) in [4.78, 5) is 20.3. The maximum atomic E-state index is 12.0. The van der Waals surface area contributed by atoms with Crippen molar-refractivity contribution in [3.63, 3.8) is 0 Å². The molecule has 1 aliphatic rings. The maximum absolute atomic E-state index is 12.0. The highest BCUT2D eigenvalue weighted by Gasteiger charge is 2.25. The van der Waals surface area contributed by atoms with Crippen molar-refractivity contribution in [2.45, 2.75) is 19.8 Å². The Bertz CT molecular complexity index is 691. The Morgan fingerprint density at radius 1 is 1.45 bits per heavy atom. The van der Waals surface area contributed by atoms with Crippen LogP contribution in [0.3, 0.4) is 0 Å². The molecule has 0 atom stereocenters. The number of ether oxygens (including phenoxy) is 1. The minimum atomic E-state index is -0.312. The Kier molecular flexibility index (Phi) is 2.93. The SMILES string of the molecule is CCOC(=O)c1cc2c(n1C)-c1nc(N)ncc1CC2. The van der Waals surface area contributed by atoms with Gasteiger partial charge in [-0.15, -0.1) is 0 Å². The zero-order valence-electron chi connectivity index (χ0n) is 11.5. The summed E-state index contributed by atoms with van der Waals surface area (Å²) in [6.07, 6.45) is 3.48. The van der Waals surface area contributed by atoms with Crippen molar-refractivity contribution in [2.75, 3.05) is 12.3 Å². The van der Waals surface area contributed by atoms with Gasteiger partial charge in [0.1, 0.15) is 5.69 Å². The molecular weight excluding hydrogens is 256 g/mol. The van der Waals surface area contributed by atoms with Gasteiger partial charge < -0.3 is 15.0 Å². The lowest BCUT2D eigenvalue weighted by Crippen LogP contribution is -2.12. The molecule has 0 spiro atoms. The Balaban J connectivity index is 2.15. The molecule has 0 aliphatic heterocycles. The van der Waals surface area contributed by atoms with Crippen molar-refractivity contribution in [2.24, 2.45) is 7.05 Å². The van der Waals surface area contributed by atoms with Crippen LogP contribution in [0.15, 0.2) is 12.3 Å². The summed E-state index contributed by atoms with van der Waals surface area (Å²) in [5.74, 6) is -0.0662.